The largest absolute Gasteiger partial charge is 0.205 e. The van der Waals surface area contributed by atoms with E-state index in [0.29, 0.717) is 5.92 Å². The van der Waals surface area contributed by atoms with Gasteiger partial charge in [0.05, 0.1) is 5.56 Å². The molecule has 2 aromatic rings. The fourth-order valence-corrected chi connectivity index (χ4v) is 4.39. The molecule has 0 heterocycles. The smallest absolute Gasteiger partial charge is 0.144 e. The van der Waals surface area contributed by atoms with Gasteiger partial charge >= 0.3 is 0 Å². The molecule has 1 unspecified atom stereocenters. The first-order valence-corrected chi connectivity index (χ1v) is 11.0. The van der Waals surface area contributed by atoms with Gasteiger partial charge in [0.25, 0.3) is 0 Å². The molecule has 0 aliphatic heterocycles. The maximum absolute atomic E-state index is 14.3. The molecule has 2 heteroatoms. The number of benzene rings is 2. The number of nitrogens with zero attached hydrogens (tertiary/aromatic N) is 1. The summed E-state index contributed by atoms with van der Waals surface area (Å²) in [5.74, 6) is 0.321. The number of hydrogen-bond acceptors (Lipinski definition) is 1. The second-order valence-corrected chi connectivity index (χ2v) is 8.30. The Kier molecular flexibility index (Phi) is 7.66. The lowest BCUT2D eigenvalue weighted by atomic mass is 9.80. The van der Waals surface area contributed by atoms with Gasteiger partial charge in [0.15, 0.2) is 0 Å². The molecule has 0 N–H and O–H groups in total. The van der Waals surface area contributed by atoms with Crippen LogP contribution in [0.1, 0.15) is 79.7 Å². The van der Waals surface area contributed by atoms with Gasteiger partial charge in [-0.05, 0) is 79.2 Å². The van der Waals surface area contributed by atoms with Crippen molar-refractivity contribution in [3.05, 3.63) is 70.0 Å². The maximum Gasteiger partial charge on any atom is 0.144 e. The quantitative estimate of drug-likeness (QED) is 0.434. The molecule has 1 atom stereocenters. The highest BCUT2D eigenvalue weighted by atomic mass is 19.1. The molecule has 0 aromatic heterocycles. The Balaban J connectivity index is 1.46. The van der Waals surface area contributed by atoms with Crippen molar-refractivity contribution in [3.63, 3.8) is 0 Å². The molecule has 0 saturated carbocycles. The fraction of sp³-hybridized carbons (Fsp3) is 0.500. The number of unbranched alkanes of at least 4 members (excludes halogenated alkanes) is 4. The molecular weight excluding hydrogens is 345 g/mol. The summed E-state index contributed by atoms with van der Waals surface area (Å²) < 4.78 is 14.3. The third kappa shape index (κ3) is 5.44. The summed E-state index contributed by atoms with van der Waals surface area (Å²) in [6.07, 6.45) is 12.8. The predicted octanol–water partition coefficient (Wildman–Crippen LogP) is 6.95. The van der Waals surface area contributed by atoms with Crippen molar-refractivity contribution in [1.29, 1.82) is 5.26 Å². The van der Waals surface area contributed by atoms with Crippen molar-refractivity contribution in [1.82, 2.24) is 0 Å². The van der Waals surface area contributed by atoms with Gasteiger partial charge in [-0.25, -0.2) is 4.39 Å². The van der Waals surface area contributed by atoms with Crippen LogP contribution in [0.15, 0.2) is 36.4 Å². The molecule has 0 bridgehead atoms. The molecule has 0 radical (unpaired) electrons. The SMILES string of the molecule is CCCCCCCc1ccc(CCC2CCc3c(ccc(C#N)c3F)C2)cc1. The first-order chi connectivity index (χ1) is 13.7. The van der Waals surface area contributed by atoms with Crippen molar-refractivity contribution in [2.45, 2.75) is 77.6 Å². The van der Waals surface area contributed by atoms with Crippen LogP contribution in [0.25, 0.3) is 0 Å². The van der Waals surface area contributed by atoms with Crippen LogP contribution >= 0.6 is 0 Å². The van der Waals surface area contributed by atoms with Crippen molar-refractivity contribution >= 4 is 0 Å². The second-order valence-electron chi connectivity index (χ2n) is 8.30. The molecule has 1 aliphatic carbocycles. The van der Waals surface area contributed by atoms with Crippen molar-refractivity contribution in [2.24, 2.45) is 5.92 Å². The van der Waals surface area contributed by atoms with Crippen LogP contribution < -0.4 is 0 Å². The molecule has 0 saturated heterocycles. The van der Waals surface area contributed by atoms with E-state index in [1.165, 1.54) is 49.7 Å². The molecule has 0 amide bonds. The van der Waals surface area contributed by atoms with E-state index in [9.17, 15) is 4.39 Å². The Morgan fingerprint density at radius 3 is 2.39 bits per heavy atom. The first-order valence-electron chi connectivity index (χ1n) is 11.0. The van der Waals surface area contributed by atoms with Gasteiger partial charge in [0.1, 0.15) is 11.9 Å². The Bertz CT molecular complexity index is 800. The number of halogens is 1. The monoisotopic (exact) mass is 377 g/mol. The Morgan fingerprint density at radius 1 is 0.964 bits per heavy atom. The summed E-state index contributed by atoms with van der Waals surface area (Å²) in [6, 6.07) is 14.7. The predicted molar refractivity (Wildman–Crippen MR) is 114 cm³/mol. The van der Waals surface area contributed by atoms with Crippen LogP contribution in [0.3, 0.4) is 0 Å². The zero-order valence-corrected chi connectivity index (χ0v) is 17.1. The first kappa shape index (κ1) is 20.6. The highest BCUT2D eigenvalue weighted by Crippen LogP contribution is 2.31. The lowest BCUT2D eigenvalue weighted by molar-refractivity contribution is 0.418. The molecule has 28 heavy (non-hydrogen) atoms. The zero-order valence-electron chi connectivity index (χ0n) is 17.1. The van der Waals surface area contributed by atoms with E-state index in [0.717, 1.165) is 43.2 Å². The number of nitriles is 1. The summed E-state index contributed by atoms with van der Waals surface area (Å²) in [5, 5.41) is 8.99. The van der Waals surface area contributed by atoms with Gasteiger partial charge in [-0.1, -0.05) is 62.9 Å². The highest BCUT2D eigenvalue weighted by Gasteiger charge is 2.22. The van der Waals surface area contributed by atoms with Crippen LogP contribution in [0.4, 0.5) is 4.39 Å². The Morgan fingerprint density at radius 2 is 1.68 bits per heavy atom. The van der Waals surface area contributed by atoms with E-state index >= 15 is 0 Å². The van der Waals surface area contributed by atoms with E-state index < -0.39 is 0 Å². The van der Waals surface area contributed by atoms with Crippen LogP contribution in [0.2, 0.25) is 0 Å². The van der Waals surface area contributed by atoms with Gasteiger partial charge in [0, 0.05) is 0 Å². The van der Waals surface area contributed by atoms with Gasteiger partial charge < -0.3 is 0 Å². The topological polar surface area (TPSA) is 23.8 Å². The van der Waals surface area contributed by atoms with E-state index in [2.05, 4.69) is 31.2 Å². The van der Waals surface area contributed by atoms with Crippen LogP contribution in [-0.4, -0.2) is 0 Å². The van der Waals surface area contributed by atoms with E-state index in [1.54, 1.807) is 6.07 Å². The van der Waals surface area contributed by atoms with Gasteiger partial charge in [0.2, 0.25) is 0 Å². The third-order valence-electron chi connectivity index (χ3n) is 6.21. The molecule has 0 spiro atoms. The number of hydrogen-bond donors (Lipinski definition) is 0. The standard InChI is InChI=1S/C26H32FN/c1-2-3-4-5-6-7-20-8-10-21(11-9-20)12-13-22-14-17-25-23(18-22)15-16-24(19-28)26(25)27/h8-11,15-16,22H,2-7,12-14,17-18H2,1H3. The van der Waals surface area contributed by atoms with Crippen molar-refractivity contribution < 1.29 is 4.39 Å². The summed E-state index contributed by atoms with van der Waals surface area (Å²) >= 11 is 0. The fourth-order valence-electron chi connectivity index (χ4n) is 4.39. The average Bonchev–Trinajstić information content (AvgIpc) is 2.73. The molecule has 1 aliphatic rings. The molecule has 1 nitrogen and oxygen atoms in total. The lowest BCUT2D eigenvalue weighted by Crippen LogP contribution is -2.17. The van der Waals surface area contributed by atoms with Crippen molar-refractivity contribution in [3.8, 4) is 6.07 Å². The Labute approximate surface area is 169 Å². The third-order valence-corrected chi connectivity index (χ3v) is 6.21. The van der Waals surface area contributed by atoms with E-state index in [-0.39, 0.29) is 11.4 Å². The minimum absolute atomic E-state index is 0.183. The molecule has 148 valence electrons. The molecular formula is C26H32FN. The average molecular weight is 378 g/mol. The lowest BCUT2D eigenvalue weighted by Gasteiger charge is -2.25. The molecule has 3 rings (SSSR count). The molecule has 2 aromatic carbocycles. The minimum Gasteiger partial charge on any atom is -0.205 e. The summed E-state index contributed by atoms with van der Waals surface area (Å²) in [6.45, 7) is 2.26. The second kappa shape index (κ2) is 10.4. The van der Waals surface area contributed by atoms with E-state index in [4.69, 9.17) is 5.26 Å². The maximum atomic E-state index is 14.3. The zero-order chi connectivity index (χ0) is 19.8. The number of aryl methyl sites for hydroxylation is 2. The van der Waals surface area contributed by atoms with E-state index in [1.807, 2.05) is 12.1 Å². The van der Waals surface area contributed by atoms with Gasteiger partial charge in [-0.15, -0.1) is 0 Å². The normalized spacial score (nSPS) is 15.8. The van der Waals surface area contributed by atoms with Crippen molar-refractivity contribution in [2.75, 3.05) is 0 Å². The minimum atomic E-state index is -0.288. The summed E-state index contributed by atoms with van der Waals surface area (Å²) in [5.41, 5.74) is 4.93. The van der Waals surface area contributed by atoms with Crippen LogP contribution in [0.5, 0.6) is 0 Å². The van der Waals surface area contributed by atoms with Crippen LogP contribution in [0, 0.1) is 23.1 Å². The van der Waals surface area contributed by atoms with Gasteiger partial charge in [-0.3, -0.25) is 0 Å². The highest BCUT2D eigenvalue weighted by molar-refractivity contribution is 5.41. The molecule has 0 fully saturated rings. The summed E-state index contributed by atoms with van der Waals surface area (Å²) in [7, 11) is 0. The van der Waals surface area contributed by atoms with Gasteiger partial charge in [-0.2, -0.15) is 5.26 Å². The summed E-state index contributed by atoms with van der Waals surface area (Å²) in [4.78, 5) is 0. The number of fused-ring (bicyclic) bond motifs is 1. The number of rotatable bonds is 9. The Hall–Kier alpha value is -2.14. The van der Waals surface area contributed by atoms with Crippen LogP contribution in [-0.2, 0) is 25.7 Å².